The highest BCUT2D eigenvalue weighted by molar-refractivity contribution is 5.25. The van der Waals surface area contributed by atoms with Crippen LogP contribution in [0.2, 0.25) is 0 Å². The molecule has 1 aliphatic carbocycles. The summed E-state index contributed by atoms with van der Waals surface area (Å²) in [5.74, 6) is 2.40. The summed E-state index contributed by atoms with van der Waals surface area (Å²) >= 11 is 0. The van der Waals surface area contributed by atoms with Gasteiger partial charge in [-0.25, -0.2) is 0 Å². The quantitative estimate of drug-likeness (QED) is 0.818. The summed E-state index contributed by atoms with van der Waals surface area (Å²) < 4.78 is 0. The van der Waals surface area contributed by atoms with Crippen LogP contribution in [0.4, 0.5) is 0 Å². The van der Waals surface area contributed by atoms with Crippen molar-refractivity contribution in [2.45, 2.75) is 50.5 Å². The van der Waals surface area contributed by atoms with E-state index < -0.39 is 0 Å². The Hall–Kier alpha value is -1.60. The van der Waals surface area contributed by atoms with Gasteiger partial charge in [-0.05, 0) is 61.1 Å². The van der Waals surface area contributed by atoms with Gasteiger partial charge in [-0.3, -0.25) is 0 Å². The molecule has 1 heteroatoms. The van der Waals surface area contributed by atoms with Gasteiger partial charge in [0.1, 0.15) is 0 Å². The average molecular weight is 319 g/mol. The molecule has 1 aliphatic heterocycles. The Balaban J connectivity index is 1.59. The van der Waals surface area contributed by atoms with Gasteiger partial charge in [0.15, 0.2) is 0 Å². The Morgan fingerprint density at radius 3 is 2.42 bits per heavy atom. The van der Waals surface area contributed by atoms with E-state index in [2.05, 4.69) is 72.9 Å². The van der Waals surface area contributed by atoms with Gasteiger partial charge in [0, 0.05) is 5.54 Å². The topological polar surface area (TPSA) is 12.0 Å². The molecule has 2 aromatic carbocycles. The zero-order valence-corrected chi connectivity index (χ0v) is 14.7. The molecule has 0 spiro atoms. The lowest BCUT2D eigenvalue weighted by atomic mass is 9.59. The molecule has 2 fully saturated rings. The van der Waals surface area contributed by atoms with Gasteiger partial charge in [-0.1, -0.05) is 74.0 Å². The Morgan fingerprint density at radius 1 is 1.00 bits per heavy atom. The molecule has 0 aromatic heterocycles. The van der Waals surface area contributed by atoms with E-state index in [4.69, 9.17) is 0 Å². The minimum absolute atomic E-state index is 0.322. The van der Waals surface area contributed by atoms with Crippen molar-refractivity contribution in [3.63, 3.8) is 0 Å². The van der Waals surface area contributed by atoms with Gasteiger partial charge in [0.25, 0.3) is 0 Å². The lowest BCUT2D eigenvalue weighted by molar-refractivity contribution is 0.0591. The molecule has 1 saturated carbocycles. The van der Waals surface area contributed by atoms with Gasteiger partial charge in [-0.15, -0.1) is 0 Å². The predicted octanol–water partition coefficient (Wildman–Crippen LogP) is 5.18. The van der Waals surface area contributed by atoms with Crippen molar-refractivity contribution in [3.05, 3.63) is 71.8 Å². The van der Waals surface area contributed by atoms with Crippen LogP contribution < -0.4 is 5.32 Å². The number of hydrogen-bond acceptors (Lipinski definition) is 1. The molecule has 24 heavy (non-hydrogen) atoms. The van der Waals surface area contributed by atoms with E-state index >= 15 is 0 Å². The molecule has 1 saturated heterocycles. The number of benzene rings is 2. The van der Waals surface area contributed by atoms with Gasteiger partial charge in [0.05, 0.1) is 0 Å². The highest BCUT2D eigenvalue weighted by atomic mass is 15.0. The molecule has 2 aromatic rings. The predicted molar refractivity (Wildman–Crippen MR) is 101 cm³/mol. The minimum Gasteiger partial charge on any atom is -0.311 e. The second-order valence-electron chi connectivity index (χ2n) is 7.92. The zero-order valence-electron chi connectivity index (χ0n) is 14.7. The summed E-state index contributed by atoms with van der Waals surface area (Å²) in [4.78, 5) is 0. The van der Waals surface area contributed by atoms with E-state index in [9.17, 15) is 0 Å². The molecular weight excluding hydrogens is 290 g/mol. The Labute approximate surface area is 146 Å². The second-order valence-corrected chi connectivity index (χ2v) is 7.92. The van der Waals surface area contributed by atoms with Crippen LogP contribution in [0.5, 0.6) is 0 Å². The fourth-order valence-corrected chi connectivity index (χ4v) is 5.27. The Morgan fingerprint density at radius 2 is 1.71 bits per heavy atom. The van der Waals surface area contributed by atoms with E-state index in [0.29, 0.717) is 5.54 Å². The highest BCUT2D eigenvalue weighted by Crippen LogP contribution is 2.49. The van der Waals surface area contributed by atoms with Crippen LogP contribution in [0.25, 0.3) is 0 Å². The molecule has 1 heterocycles. The molecule has 1 nitrogen and oxygen atoms in total. The van der Waals surface area contributed by atoms with Crippen LogP contribution >= 0.6 is 0 Å². The summed E-state index contributed by atoms with van der Waals surface area (Å²) in [5, 5.41) is 3.99. The first kappa shape index (κ1) is 15.9. The van der Waals surface area contributed by atoms with Gasteiger partial charge >= 0.3 is 0 Å². The standard InChI is InChI=1S/C23H29N/c1-2-19-17-24-23(15-18-9-5-3-6-10-18)14-13-21(22(19)16-23)20-11-7-4-8-12-20/h3-12,19,21-22,24H,2,13-17H2,1H3. The number of fused-ring (bicyclic) bond motifs is 2. The fourth-order valence-electron chi connectivity index (χ4n) is 5.27. The van der Waals surface area contributed by atoms with Crippen molar-refractivity contribution in [3.8, 4) is 0 Å². The van der Waals surface area contributed by atoms with Crippen LogP contribution in [-0.4, -0.2) is 12.1 Å². The highest BCUT2D eigenvalue weighted by Gasteiger charge is 2.47. The molecule has 126 valence electrons. The van der Waals surface area contributed by atoms with Crippen molar-refractivity contribution >= 4 is 0 Å². The molecule has 1 N–H and O–H groups in total. The maximum atomic E-state index is 3.99. The molecule has 0 radical (unpaired) electrons. The van der Waals surface area contributed by atoms with Crippen LogP contribution in [-0.2, 0) is 6.42 Å². The first-order valence-corrected chi connectivity index (χ1v) is 9.63. The summed E-state index contributed by atoms with van der Waals surface area (Å²) in [5.41, 5.74) is 3.37. The van der Waals surface area contributed by atoms with Crippen molar-refractivity contribution < 1.29 is 0 Å². The Bertz CT molecular complexity index is 650. The lowest BCUT2D eigenvalue weighted by Crippen LogP contribution is -2.59. The van der Waals surface area contributed by atoms with Crippen LogP contribution in [0.3, 0.4) is 0 Å². The minimum atomic E-state index is 0.322. The fraction of sp³-hybridized carbons (Fsp3) is 0.478. The monoisotopic (exact) mass is 319 g/mol. The van der Waals surface area contributed by atoms with Gasteiger partial charge < -0.3 is 5.32 Å². The molecule has 4 unspecified atom stereocenters. The van der Waals surface area contributed by atoms with Gasteiger partial charge in [-0.2, -0.15) is 0 Å². The maximum Gasteiger partial charge on any atom is 0.0225 e. The normalized spacial score (nSPS) is 32.5. The summed E-state index contributed by atoms with van der Waals surface area (Å²) in [6.07, 6.45) is 6.43. The lowest BCUT2D eigenvalue weighted by Gasteiger charge is -2.53. The number of hydrogen-bond donors (Lipinski definition) is 1. The third-order valence-corrected chi connectivity index (χ3v) is 6.56. The van der Waals surface area contributed by atoms with Crippen molar-refractivity contribution in [2.75, 3.05) is 6.54 Å². The molecule has 2 bridgehead atoms. The Kier molecular flexibility index (Phi) is 4.45. The number of rotatable bonds is 4. The van der Waals surface area contributed by atoms with Crippen molar-refractivity contribution in [2.24, 2.45) is 11.8 Å². The molecular formula is C23H29N. The molecule has 0 amide bonds. The van der Waals surface area contributed by atoms with Gasteiger partial charge in [0.2, 0.25) is 0 Å². The second kappa shape index (κ2) is 6.72. The summed E-state index contributed by atoms with van der Waals surface area (Å²) in [6.45, 7) is 3.56. The molecule has 4 rings (SSSR count). The first-order chi connectivity index (χ1) is 11.8. The third-order valence-electron chi connectivity index (χ3n) is 6.56. The average Bonchev–Trinajstić information content (AvgIpc) is 2.64. The van der Waals surface area contributed by atoms with E-state index in [0.717, 1.165) is 17.8 Å². The summed E-state index contributed by atoms with van der Waals surface area (Å²) in [6, 6.07) is 22.3. The van der Waals surface area contributed by atoms with E-state index in [1.54, 1.807) is 5.56 Å². The number of nitrogens with one attached hydrogen (secondary N) is 1. The van der Waals surface area contributed by atoms with E-state index in [1.165, 1.54) is 44.2 Å². The molecule has 2 aliphatic rings. The van der Waals surface area contributed by atoms with Crippen LogP contribution in [0, 0.1) is 11.8 Å². The molecule has 4 atom stereocenters. The van der Waals surface area contributed by atoms with Crippen molar-refractivity contribution in [1.29, 1.82) is 0 Å². The summed E-state index contributed by atoms with van der Waals surface area (Å²) in [7, 11) is 0. The van der Waals surface area contributed by atoms with E-state index in [1.807, 2.05) is 0 Å². The third kappa shape index (κ3) is 3.02. The first-order valence-electron chi connectivity index (χ1n) is 9.63. The maximum absolute atomic E-state index is 3.99. The van der Waals surface area contributed by atoms with E-state index in [-0.39, 0.29) is 0 Å². The van der Waals surface area contributed by atoms with Crippen molar-refractivity contribution in [1.82, 2.24) is 5.32 Å². The largest absolute Gasteiger partial charge is 0.311 e. The number of piperidine rings is 1. The zero-order chi connectivity index (χ0) is 16.4. The smallest absolute Gasteiger partial charge is 0.0225 e. The van der Waals surface area contributed by atoms with Crippen LogP contribution in [0.15, 0.2) is 60.7 Å². The SMILES string of the molecule is CCC1CNC2(Cc3ccccc3)CCC(c3ccccc3)C1C2. The van der Waals surface area contributed by atoms with Crippen LogP contribution in [0.1, 0.15) is 49.7 Å².